The normalized spacial score (nSPS) is 24.6. The van der Waals surface area contributed by atoms with Gasteiger partial charge in [-0.15, -0.1) is 0 Å². The van der Waals surface area contributed by atoms with Gasteiger partial charge in [-0.1, -0.05) is 0 Å². The van der Waals surface area contributed by atoms with Crippen LogP contribution in [0.2, 0.25) is 0 Å². The molecule has 106 valence electrons. The van der Waals surface area contributed by atoms with E-state index in [0.717, 1.165) is 0 Å². The van der Waals surface area contributed by atoms with Crippen LogP contribution in [0.1, 0.15) is 28.8 Å². The highest BCUT2D eigenvalue weighted by molar-refractivity contribution is 5.88. The molecule has 1 saturated heterocycles. The lowest BCUT2D eigenvalue weighted by Crippen LogP contribution is -2.48. The molecule has 2 rings (SSSR count). The molecule has 1 fully saturated rings. The summed E-state index contributed by atoms with van der Waals surface area (Å²) in [4.78, 5) is 13.1. The summed E-state index contributed by atoms with van der Waals surface area (Å²) in [7, 11) is 0. The second-order valence-corrected chi connectivity index (χ2v) is 4.90. The molecule has 0 spiro atoms. The number of hydrogen-bond donors (Lipinski definition) is 2. The molecule has 6 nitrogen and oxygen atoms in total. The maximum absolute atomic E-state index is 11.0. The van der Waals surface area contributed by atoms with Crippen molar-refractivity contribution in [1.82, 2.24) is 4.90 Å². The van der Waals surface area contributed by atoms with Crippen molar-refractivity contribution in [3.05, 3.63) is 23.2 Å². The highest BCUT2D eigenvalue weighted by Gasteiger charge is 2.27. The fourth-order valence-corrected chi connectivity index (χ4v) is 2.24. The lowest BCUT2D eigenvalue weighted by atomic mass is 10.2. The number of carboxylic acids is 1. The fraction of sp³-hybridized carbons (Fsp3) is 0.615. The molecule has 0 amide bonds. The van der Waals surface area contributed by atoms with Gasteiger partial charge < -0.3 is 19.4 Å². The lowest BCUT2D eigenvalue weighted by molar-refractivity contribution is -0.0820. The molecule has 0 aliphatic carbocycles. The van der Waals surface area contributed by atoms with Crippen LogP contribution < -0.4 is 0 Å². The van der Waals surface area contributed by atoms with Crippen LogP contribution in [-0.4, -0.2) is 53.0 Å². The molecular weight excluding hydrogens is 250 g/mol. The number of aliphatic hydroxyl groups is 1. The molecule has 6 heteroatoms. The number of rotatable bonds is 4. The third-order valence-corrected chi connectivity index (χ3v) is 3.40. The van der Waals surface area contributed by atoms with E-state index in [0.29, 0.717) is 31.2 Å². The molecule has 1 aliphatic heterocycles. The smallest absolute Gasteiger partial charge is 0.339 e. The van der Waals surface area contributed by atoms with E-state index in [1.165, 1.54) is 0 Å². The van der Waals surface area contributed by atoms with Crippen molar-refractivity contribution in [2.75, 3.05) is 19.8 Å². The molecule has 0 radical (unpaired) electrons. The monoisotopic (exact) mass is 269 g/mol. The number of ether oxygens (including phenoxy) is 1. The van der Waals surface area contributed by atoms with Crippen molar-refractivity contribution in [3.8, 4) is 0 Å². The minimum absolute atomic E-state index is 0.0131. The first-order chi connectivity index (χ1) is 9.01. The Bertz CT molecular complexity index is 456. The van der Waals surface area contributed by atoms with Crippen molar-refractivity contribution in [2.24, 2.45) is 0 Å². The molecule has 0 saturated carbocycles. The zero-order valence-corrected chi connectivity index (χ0v) is 11.1. The summed E-state index contributed by atoms with van der Waals surface area (Å²) in [5.41, 5.74) is 0.203. The Kier molecular flexibility index (Phi) is 4.24. The molecule has 1 aromatic rings. The number of aromatic carboxylic acids is 1. The maximum Gasteiger partial charge on any atom is 0.339 e. The van der Waals surface area contributed by atoms with Gasteiger partial charge in [-0.25, -0.2) is 4.79 Å². The van der Waals surface area contributed by atoms with Crippen molar-refractivity contribution in [1.29, 1.82) is 0 Å². The Hall–Kier alpha value is -1.37. The Morgan fingerprint density at radius 1 is 1.58 bits per heavy atom. The number of hydrogen-bond acceptors (Lipinski definition) is 5. The van der Waals surface area contributed by atoms with Crippen molar-refractivity contribution >= 4 is 5.97 Å². The average molecular weight is 269 g/mol. The molecule has 1 aromatic heterocycles. The summed E-state index contributed by atoms with van der Waals surface area (Å²) in [6.45, 7) is 5.35. The van der Waals surface area contributed by atoms with E-state index < -0.39 is 5.97 Å². The summed E-state index contributed by atoms with van der Waals surface area (Å²) in [6, 6.07) is 1.77. The number of carbonyl (C=O) groups is 1. The highest BCUT2D eigenvalue weighted by atomic mass is 16.5. The zero-order chi connectivity index (χ0) is 14.0. The number of furan rings is 1. The van der Waals surface area contributed by atoms with Gasteiger partial charge in [0.1, 0.15) is 17.1 Å². The molecule has 2 heterocycles. The highest BCUT2D eigenvalue weighted by Crippen LogP contribution is 2.20. The van der Waals surface area contributed by atoms with Crippen LogP contribution in [0.5, 0.6) is 0 Å². The van der Waals surface area contributed by atoms with Crippen LogP contribution in [0.15, 0.2) is 10.5 Å². The van der Waals surface area contributed by atoms with Gasteiger partial charge in [0, 0.05) is 12.6 Å². The predicted molar refractivity (Wildman–Crippen MR) is 67.1 cm³/mol. The van der Waals surface area contributed by atoms with Gasteiger partial charge in [0.25, 0.3) is 0 Å². The Morgan fingerprint density at radius 2 is 2.32 bits per heavy atom. The minimum Gasteiger partial charge on any atom is -0.478 e. The first-order valence-electron chi connectivity index (χ1n) is 6.30. The van der Waals surface area contributed by atoms with Gasteiger partial charge >= 0.3 is 5.97 Å². The van der Waals surface area contributed by atoms with Crippen LogP contribution in [0, 0.1) is 6.92 Å². The number of nitrogens with zero attached hydrogens (tertiary/aromatic N) is 1. The van der Waals surface area contributed by atoms with E-state index in [1.807, 2.05) is 6.92 Å². The summed E-state index contributed by atoms with van der Waals surface area (Å²) in [6.07, 6.45) is -0.189. The largest absolute Gasteiger partial charge is 0.478 e. The van der Waals surface area contributed by atoms with E-state index >= 15 is 0 Å². The predicted octanol–water partition coefficient (Wildman–Crippen LogP) is 0.868. The number of morpholine rings is 1. The molecule has 1 aliphatic rings. The third-order valence-electron chi connectivity index (χ3n) is 3.40. The van der Waals surface area contributed by atoms with Crippen molar-refractivity contribution in [2.45, 2.75) is 32.5 Å². The number of aliphatic hydroxyl groups excluding tert-OH is 1. The van der Waals surface area contributed by atoms with E-state index in [2.05, 4.69) is 4.90 Å². The van der Waals surface area contributed by atoms with Gasteiger partial charge in [-0.05, 0) is 19.9 Å². The van der Waals surface area contributed by atoms with Gasteiger partial charge in [0.15, 0.2) is 0 Å². The summed E-state index contributed by atoms with van der Waals surface area (Å²) in [5.74, 6) is 0.0678. The van der Waals surface area contributed by atoms with Crippen LogP contribution in [0.3, 0.4) is 0 Å². The van der Waals surface area contributed by atoms with Crippen LogP contribution in [0.4, 0.5) is 0 Å². The lowest BCUT2D eigenvalue weighted by Gasteiger charge is -2.36. The third kappa shape index (κ3) is 3.15. The standard InChI is InChI=1S/C13H19NO5/c1-8-7-18-11(6-15)5-14(8)4-10-3-12(13(16)17)9(2)19-10/h3,8,11,15H,4-7H2,1-2H3,(H,16,17). The van der Waals surface area contributed by atoms with Gasteiger partial charge in [-0.3, -0.25) is 4.90 Å². The first kappa shape index (κ1) is 14.0. The summed E-state index contributed by atoms with van der Waals surface area (Å²) >= 11 is 0. The molecule has 2 atom stereocenters. The summed E-state index contributed by atoms with van der Waals surface area (Å²) in [5, 5.41) is 18.1. The second kappa shape index (κ2) is 5.73. The minimum atomic E-state index is -0.976. The van der Waals surface area contributed by atoms with Crippen LogP contribution in [0.25, 0.3) is 0 Å². The first-order valence-corrected chi connectivity index (χ1v) is 6.30. The van der Waals surface area contributed by atoms with E-state index in [1.54, 1.807) is 13.0 Å². The Balaban J connectivity index is 2.07. The maximum atomic E-state index is 11.0. The Morgan fingerprint density at radius 3 is 2.89 bits per heavy atom. The number of carboxylic acid groups (broad SMARTS) is 1. The molecule has 19 heavy (non-hydrogen) atoms. The Labute approximate surface area is 111 Å². The van der Waals surface area contributed by atoms with E-state index in [9.17, 15) is 4.79 Å². The molecular formula is C13H19NO5. The molecule has 0 bridgehead atoms. The zero-order valence-electron chi connectivity index (χ0n) is 11.1. The average Bonchev–Trinajstić information content (AvgIpc) is 2.73. The molecule has 2 unspecified atom stereocenters. The van der Waals surface area contributed by atoms with Crippen LogP contribution >= 0.6 is 0 Å². The SMILES string of the molecule is Cc1oc(CN2CC(CO)OCC2C)cc1C(=O)O. The topological polar surface area (TPSA) is 83.1 Å². The quantitative estimate of drug-likeness (QED) is 0.844. The van der Waals surface area contributed by atoms with Gasteiger partial charge in [0.05, 0.1) is 25.9 Å². The second-order valence-electron chi connectivity index (χ2n) is 4.90. The molecule has 0 aromatic carbocycles. The fourth-order valence-electron chi connectivity index (χ4n) is 2.24. The van der Waals surface area contributed by atoms with Gasteiger partial charge in [0.2, 0.25) is 0 Å². The van der Waals surface area contributed by atoms with Crippen LogP contribution in [-0.2, 0) is 11.3 Å². The van der Waals surface area contributed by atoms with E-state index in [4.69, 9.17) is 19.4 Å². The van der Waals surface area contributed by atoms with Gasteiger partial charge in [-0.2, -0.15) is 0 Å². The van der Waals surface area contributed by atoms with Crippen molar-refractivity contribution in [3.63, 3.8) is 0 Å². The van der Waals surface area contributed by atoms with Crippen molar-refractivity contribution < 1.29 is 24.2 Å². The number of aryl methyl sites for hydroxylation is 1. The van der Waals surface area contributed by atoms with E-state index in [-0.39, 0.29) is 24.3 Å². The summed E-state index contributed by atoms with van der Waals surface area (Å²) < 4.78 is 10.9. The molecule has 2 N–H and O–H groups in total.